The molecular formula is C9H9BrIOSi. The van der Waals surface area contributed by atoms with Crippen molar-refractivity contribution in [3.8, 4) is 5.75 Å². The quantitative estimate of drug-likeness (QED) is 0.450. The van der Waals surface area contributed by atoms with E-state index in [4.69, 9.17) is 4.74 Å². The molecule has 0 N–H and O–H groups in total. The van der Waals surface area contributed by atoms with Crippen LogP contribution in [-0.2, 0) is 0 Å². The van der Waals surface area contributed by atoms with Crippen LogP contribution < -0.4 is 4.74 Å². The molecule has 0 unspecified atom stereocenters. The van der Waals surface area contributed by atoms with Gasteiger partial charge in [0, 0.05) is 18.3 Å². The summed E-state index contributed by atoms with van der Waals surface area (Å²) in [6.07, 6.45) is 1.03. The highest BCUT2D eigenvalue weighted by Crippen LogP contribution is 2.22. The molecule has 0 aliphatic rings. The first-order valence-electron chi connectivity index (χ1n) is 3.96. The second-order valence-electron chi connectivity index (χ2n) is 2.56. The van der Waals surface area contributed by atoms with Crippen molar-refractivity contribution in [2.24, 2.45) is 0 Å². The average molecular weight is 368 g/mol. The molecule has 69 valence electrons. The molecule has 0 aliphatic carbocycles. The summed E-state index contributed by atoms with van der Waals surface area (Å²) in [5.41, 5.74) is 0. The zero-order valence-corrected chi connectivity index (χ0v) is 11.8. The van der Waals surface area contributed by atoms with Crippen LogP contribution in [0.2, 0.25) is 6.04 Å². The van der Waals surface area contributed by atoms with Crippen LogP contribution in [0.3, 0.4) is 0 Å². The molecule has 0 atom stereocenters. The lowest BCUT2D eigenvalue weighted by molar-refractivity contribution is 0.317. The molecule has 1 aromatic carbocycles. The third-order valence-corrected chi connectivity index (χ3v) is 2.86. The van der Waals surface area contributed by atoms with Gasteiger partial charge in [-0.1, -0.05) is 22.0 Å². The van der Waals surface area contributed by atoms with Crippen LogP contribution in [0.1, 0.15) is 6.42 Å². The molecule has 0 heterocycles. The zero-order valence-electron chi connectivity index (χ0n) is 7.02. The summed E-state index contributed by atoms with van der Waals surface area (Å²) in [5, 5.41) is 0. The topological polar surface area (TPSA) is 9.23 Å². The van der Waals surface area contributed by atoms with Gasteiger partial charge in [0.2, 0.25) is 0 Å². The highest BCUT2D eigenvalue weighted by Gasteiger charge is 1.97. The molecule has 1 nitrogen and oxygen atoms in total. The molecule has 1 aromatic rings. The van der Waals surface area contributed by atoms with E-state index in [9.17, 15) is 0 Å². The minimum Gasteiger partial charge on any atom is -0.494 e. The van der Waals surface area contributed by atoms with Gasteiger partial charge in [0.1, 0.15) is 5.75 Å². The largest absolute Gasteiger partial charge is 0.494 e. The van der Waals surface area contributed by atoms with Gasteiger partial charge >= 0.3 is 0 Å². The lowest BCUT2D eigenvalue weighted by Gasteiger charge is -2.05. The Morgan fingerprint density at radius 3 is 2.77 bits per heavy atom. The van der Waals surface area contributed by atoms with Gasteiger partial charge in [-0.05, 0) is 47.2 Å². The molecule has 3 radical (unpaired) electrons. The minimum atomic E-state index is 0.760. The van der Waals surface area contributed by atoms with E-state index in [-0.39, 0.29) is 0 Å². The summed E-state index contributed by atoms with van der Waals surface area (Å²) in [6, 6.07) is 7.04. The number of halogens is 2. The van der Waals surface area contributed by atoms with Crippen molar-refractivity contribution in [2.75, 3.05) is 6.61 Å². The first kappa shape index (κ1) is 11.5. The fourth-order valence-corrected chi connectivity index (χ4v) is 2.56. The Hall–Kier alpha value is 0.447. The van der Waals surface area contributed by atoms with Crippen molar-refractivity contribution in [3.05, 3.63) is 26.2 Å². The Labute approximate surface area is 104 Å². The van der Waals surface area contributed by atoms with Gasteiger partial charge in [-0.2, -0.15) is 0 Å². The van der Waals surface area contributed by atoms with Crippen molar-refractivity contribution in [3.63, 3.8) is 0 Å². The number of hydrogen-bond donors (Lipinski definition) is 0. The zero-order chi connectivity index (χ0) is 9.68. The summed E-state index contributed by atoms with van der Waals surface area (Å²) in [6.45, 7) is 0.760. The molecule has 0 bridgehead atoms. The van der Waals surface area contributed by atoms with Gasteiger partial charge in [0.15, 0.2) is 0 Å². The minimum absolute atomic E-state index is 0.760. The number of benzene rings is 1. The van der Waals surface area contributed by atoms with E-state index in [1.165, 1.54) is 3.57 Å². The predicted octanol–water partition coefficient (Wildman–Crippen LogP) is 3.41. The van der Waals surface area contributed by atoms with Crippen LogP contribution in [0.4, 0.5) is 0 Å². The van der Waals surface area contributed by atoms with Crippen LogP contribution in [-0.4, -0.2) is 16.8 Å². The van der Waals surface area contributed by atoms with Crippen LogP contribution in [0.15, 0.2) is 22.7 Å². The van der Waals surface area contributed by atoms with Gasteiger partial charge < -0.3 is 4.74 Å². The lowest BCUT2D eigenvalue weighted by atomic mass is 10.3. The van der Waals surface area contributed by atoms with Crippen LogP contribution in [0, 0.1) is 3.57 Å². The molecular weight excluding hydrogens is 359 g/mol. The highest BCUT2D eigenvalue weighted by atomic mass is 127. The second-order valence-corrected chi connectivity index (χ2v) is 5.22. The van der Waals surface area contributed by atoms with Crippen LogP contribution >= 0.6 is 38.5 Å². The van der Waals surface area contributed by atoms with Crippen molar-refractivity contribution < 1.29 is 4.74 Å². The molecule has 0 saturated heterocycles. The predicted molar refractivity (Wildman–Crippen MR) is 67.5 cm³/mol. The maximum Gasteiger partial charge on any atom is 0.121 e. The van der Waals surface area contributed by atoms with Gasteiger partial charge in [-0.3, -0.25) is 0 Å². The maximum absolute atomic E-state index is 5.54. The Morgan fingerprint density at radius 2 is 2.15 bits per heavy atom. The number of ether oxygens (including phenoxy) is 1. The Morgan fingerprint density at radius 1 is 1.38 bits per heavy atom. The first-order chi connectivity index (χ1) is 6.22. The normalized spacial score (nSPS) is 10.1. The lowest BCUT2D eigenvalue weighted by Crippen LogP contribution is -1.96. The molecule has 0 saturated carbocycles. The van der Waals surface area contributed by atoms with E-state index in [2.05, 4.69) is 54.8 Å². The highest BCUT2D eigenvalue weighted by molar-refractivity contribution is 14.1. The molecule has 1 rings (SSSR count). The van der Waals surface area contributed by atoms with E-state index in [1.807, 2.05) is 12.1 Å². The maximum atomic E-state index is 5.54. The molecule has 0 spiro atoms. The molecule has 4 heteroatoms. The van der Waals surface area contributed by atoms with E-state index < -0.39 is 0 Å². The third kappa shape index (κ3) is 4.46. The average Bonchev–Trinajstić information content (AvgIpc) is 2.03. The summed E-state index contributed by atoms with van der Waals surface area (Å²) < 4.78 is 7.79. The summed E-state index contributed by atoms with van der Waals surface area (Å²) in [5.74, 6) is 0.930. The smallest absolute Gasteiger partial charge is 0.121 e. The summed E-state index contributed by atoms with van der Waals surface area (Å²) >= 11 is 5.70. The number of rotatable bonds is 4. The second kappa shape index (κ2) is 6.03. The third-order valence-electron chi connectivity index (χ3n) is 1.43. The number of hydrogen-bond acceptors (Lipinski definition) is 1. The van der Waals surface area contributed by atoms with Crippen molar-refractivity contribution in [2.45, 2.75) is 12.5 Å². The van der Waals surface area contributed by atoms with Crippen LogP contribution in [0.5, 0.6) is 5.75 Å². The van der Waals surface area contributed by atoms with E-state index in [0.717, 1.165) is 29.3 Å². The van der Waals surface area contributed by atoms with E-state index in [0.29, 0.717) is 0 Å². The standard InChI is InChI=1S/C9H9BrIOSi/c10-7-4-8(11)6-9(5-7)12-2-1-3-13/h4-6H,1-3H2. The monoisotopic (exact) mass is 367 g/mol. The summed E-state index contributed by atoms with van der Waals surface area (Å²) in [4.78, 5) is 0. The fourth-order valence-electron chi connectivity index (χ4n) is 0.874. The van der Waals surface area contributed by atoms with Crippen molar-refractivity contribution in [1.82, 2.24) is 0 Å². The molecule has 0 aromatic heterocycles. The van der Waals surface area contributed by atoms with E-state index >= 15 is 0 Å². The molecule has 0 aliphatic heterocycles. The van der Waals surface area contributed by atoms with Gasteiger partial charge in [0.05, 0.1) is 6.61 Å². The SMILES string of the molecule is [Si]CCCOc1cc(Br)cc(I)c1. The Bertz CT molecular complexity index is 260. The van der Waals surface area contributed by atoms with Gasteiger partial charge in [-0.25, -0.2) is 0 Å². The Kier molecular flexibility index (Phi) is 5.34. The molecule has 0 fully saturated rings. The van der Waals surface area contributed by atoms with Gasteiger partial charge in [-0.15, -0.1) is 0 Å². The van der Waals surface area contributed by atoms with Gasteiger partial charge in [0.25, 0.3) is 0 Å². The van der Waals surface area contributed by atoms with Crippen molar-refractivity contribution >= 4 is 48.8 Å². The van der Waals surface area contributed by atoms with Crippen LogP contribution in [0.25, 0.3) is 0 Å². The van der Waals surface area contributed by atoms with Crippen molar-refractivity contribution in [1.29, 1.82) is 0 Å². The first-order valence-corrected chi connectivity index (χ1v) is 6.54. The molecule has 13 heavy (non-hydrogen) atoms. The van der Waals surface area contributed by atoms with E-state index in [1.54, 1.807) is 0 Å². The molecule has 0 amide bonds. The fraction of sp³-hybridized carbons (Fsp3) is 0.333. The summed E-state index contributed by atoms with van der Waals surface area (Å²) in [7, 11) is 3.41. The Balaban J connectivity index is 2.56.